The number of carboxylic acids is 2. The number of methoxy groups -OCH3 is 1. The number of aromatic nitrogens is 1. The molecule has 16 heavy (non-hydrogen) atoms. The molecular weight excluding hydrogens is 218 g/mol. The number of esters is 1. The molecule has 7 nitrogen and oxygen atoms in total. The van der Waals surface area contributed by atoms with Crippen molar-refractivity contribution in [3.05, 3.63) is 30.1 Å². The number of hydrogen-bond donors (Lipinski definition) is 2. The minimum atomic E-state index is -1.82. The van der Waals surface area contributed by atoms with E-state index in [1.807, 2.05) is 0 Å². The smallest absolute Gasteiger partial charge is 0.414 e. The number of rotatable bonds is 1. The monoisotopic (exact) mass is 227 g/mol. The van der Waals surface area contributed by atoms with Crippen LogP contribution >= 0.6 is 0 Å². The lowest BCUT2D eigenvalue weighted by molar-refractivity contribution is -0.159. The van der Waals surface area contributed by atoms with Crippen LogP contribution in [0.5, 0.6) is 0 Å². The largest absolute Gasteiger partial charge is 0.473 e. The first kappa shape index (κ1) is 13.6. The van der Waals surface area contributed by atoms with Gasteiger partial charge in [0.2, 0.25) is 0 Å². The van der Waals surface area contributed by atoms with Gasteiger partial charge in [0.15, 0.2) is 0 Å². The maximum atomic E-state index is 10.8. The number of aliphatic carboxylic acids is 2. The van der Waals surface area contributed by atoms with Gasteiger partial charge >= 0.3 is 17.9 Å². The van der Waals surface area contributed by atoms with Crippen LogP contribution in [0, 0.1) is 0 Å². The second-order valence-corrected chi connectivity index (χ2v) is 2.34. The number of pyridine rings is 1. The van der Waals surface area contributed by atoms with E-state index in [0.717, 1.165) is 0 Å². The van der Waals surface area contributed by atoms with Crippen LogP contribution in [0.4, 0.5) is 0 Å². The van der Waals surface area contributed by atoms with E-state index in [9.17, 15) is 4.79 Å². The van der Waals surface area contributed by atoms with Crippen LogP contribution in [-0.4, -0.2) is 40.2 Å². The zero-order valence-corrected chi connectivity index (χ0v) is 8.28. The van der Waals surface area contributed by atoms with Crippen LogP contribution in [0.15, 0.2) is 24.5 Å². The van der Waals surface area contributed by atoms with E-state index in [1.165, 1.54) is 13.3 Å². The fraction of sp³-hybridized carbons (Fsp3) is 0.111. The Balaban J connectivity index is 0.000000325. The molecule has 0 aliphatic rings. The zero-order valence-electron chi connectivity index (χ0n) is 8.28. The number of carboxylic acid groups (broad SMARTS) is 2. The Morgan fingerprint density at radius 3 is 2.12 bits per heavy atom. The van der Waals surface area contributed by atoms with Gasteiger partial charge in [-0.15, -0.1) is 0 Å². The van der Waals surface area contributed by atoms with Crippen LogP contribution in [0.2, 0.25) is 0 Å². The van der Waals surface area contributed by atoms with E-state index in [0.29, 0.717) is 5.56 Å². The molecule has 1 rings (SSSR count). The Morgan fingerprint density at radius 1 is 1.25 bits per heavy atom. The van der Waals surface area contributed by atoms with Crippen molar-refractivity contribution in [3.63, 3.8) is 0 Å². The first-order valence-electron chi connectivity index (χ1n) is 3.93. The lowest BCUT2D eigenvalue weighted by Crippen LogP contribution is -2.09. The topological polar surface area (TPSA) is 114 Å². The summed E-state index contributed by atoms with van der Waals surface area (Å²) in [6.45, 7) is 0. The van der Waals surface area contributed by atoms with Crippen molar-refractivity contribution in [2.75, 3.05) is 7.11 Å². The lowest BCUT2D eigenvalue weighted by atomic mass is 10.3. The van der Waals surface area contributed by atoms with Crippen molar-refractivity contribution >= 4 is 17.9 Å². The molecule has 0 aromatic carbocycles. The first-order chi connectivity index (χ1) is 7.49. The van der Waals surface area contributed by atoms with Crippen molar-refractivity contribution < 1.29 is 29.3 Å². The lowest BCUT2D eigenvalue weighted by Gasteiger charge is -1.94. The number of nitrogens with zero attached hydrogens (tertiary/aromatic N) is 1. The summed E-state index contributed by atoms with van der Waals surface area (Å²) in [6.07, 6.45) is 3.07. The molecule has 0 fully saturated rings. The Kier molecular flexibility index (Phi) is 5.88. The summed E-state index contributed by atoms with van der Waals surface area (Å²) in [7, 11) is 1.34. The predicted octanol–water partition coefficient (Wildman–Crippen LogP) is 0.0238. The molecule has 0 atom stereocenters. The van der Waals surface area contributed by atoms with Crippen molar-refractivity contribution in [1.82, 2.24) is 4.98 Å². The molecule has 2 N–H and O–H groups in total. The van der Waals surface area contributed by atoms with Crippen LogP contribution in [0.1, 0.15) is 10.4 Å². The number of hydrogen-bond acceptors (Lipinski definition) is 5. The van der Waals surface area contributed by atoms with Crippen molar-refractivity contribution in [1.29, 1.82) is 0 Å². The van der Waals surface area contributed by atoms with E-state index >= 15 is 0 Å². The highest BCUT2D eigenvalue weighted by Gasteiger charge is 2.04. The fourth-order valence-corrected chi connectivity index (χ4v) is 0.601. The second kappa shape index (κ2) is 6.93. The number of carbonyl (C=O) groups excluding carboxylic acids is 1. The summed E-state index contributed by atoms with van der Waals surface area (Å²) in [6, 6.07) is 3.34. The van der Waals surface area contributed by atoms with E-state index in [1.54, 1.807) is 18.3 Å². The van der Waals surface area contributed by atoms with Crippen LogP contribution in [0.3, 0.4) is 0 Å². The molecular formula is C9H9NO6. The summed E-state index contributed by atoms with van der Waals surface area (Å²) >= 11 is 0. The normalized spacial score (nSPS) is 8.31. The minimum Gasteiger partial charge on any atom is -0.473 e. The molecule has 1 aromatic heterocycles. The van der Waals surface area contributed by atoms with E-state index < -0.39 is 11.9 Å². The summed E-state index contributed by atoms with van der Waals surface area (Å²) in [5, 5.41) is 14.8. The third-order valence-electron chi connectivity index (χ3n) is 1.27. The molecule has 0 saturated heterocycles. The molecule has 0 bridgehead atoms. The molecule has 0 unspecified atom stereocenters. The molecule has 0 aliphatic heterocycles. The predicted molar refractivity (Wildman–Crippen MR) is 50.8 cm³/mol. The summed E-state index contributed by atoms with van der Waals surface area (Å²) in [5.74, 6) is -4.00. The minimum absolute atomic E-state index is 0.354. The van der Waals surface area contributed by atoms with E-state index in [-0.39, 0.29) is 5.97 Å². The summed E-state index contributed by atoms with van der Waals surface area (Å²) in [4.78, 5) is 32.7. The van der Waals surface area contributed by atoms with Crippen molar-refractivity contribution in [2.24, 2.45) is 0 Å². The van der Waals surface area contributed by atoms with Gasteiger partial charge in [-0.2, -0.15) is 0 Å². The third-order valence-corrected chi connectivity index (χ3v) is 1.27. The standard InChI is InChI=1S/C7H7NO2.C2H2O4/c1-10-7(9)6-3-2-4-8-5-6;3-1(4)2(5)6/h2-5H,1H3;(H,3,4)(H,5,6). The Bertz CT molecular complexity index is 363. The second-order valence-electron chi connectivity index (χ2n) is 2.34. The summed E-state index contributed by atoms with van der Waals surface area (Å²) in [5.41, 5.74) is 0.477. The molecule has 0 amide bonds. The molecule has 7 heteroatoms. The average molecular weight is 227 g/mol. The molecule has 0 saturated carbocycles. The highest BCUT2D eigenvalue weighted by atomic mass is 16.5. The SMILES string of the molecule is COC(=O)c1cccnc1.O=C(O)C(=O)O. The Morgan fingerprint density at radius 2 is 1.81 bits per heavy atom. The first-order valence-corrected chi connectivity index (χ1v) is 3.93. The van der Waals surface area contributed by atoms with E-state index in [2.05, 4.69) is 9.72 Å². The van der Waals surface area contributed by atoms with Gasteiger partial charge in [0, 0.05) is 12.4 Å². The highest BCUT2D eigenvalue weighted by molar-refractivity contribution is 6.27. The van der Waals surface area contributed by atoms with Gasteiger partial charge in [-0.25, -0.2) is 14.4 Å². The molecule has 0 aliphatic carbocycles. The quantitative estimate of drug-likeness (QED) is 0.513. The highest BCUT2D eigenvalue weighted by Crippen LogP contribution is 1.96. The Labute approximate surface area is 90.3 Å². The maximum absolute atomic E-state index is 10.8. The summed E-state index contributed by atoms with van der Waals surface area (Å²) < 4.78 is 4.46. The van der Waals surface area contributed by atoms with Gasteiger partial charge in [0.05, 0.1) is 12.7 Å². The molecule has 0 radical (unpaired) electrons. The average Bonchev–Trinajstić information content (AvgIpc) is 2.30. The van der Waals surface area contributed by atoms with Gasteiger partial charge < -0.3 is 14.9 Å². The number of carbonyl (C=O) groups is 3. The maximum Gasteiger partial charge on any atom is 0.414 e. The van der Waals surface area contributed by atoms with Crippen molar-refractivity contribution in [2.45, 2.75) is 0 Å². The van der Waals surface area contributed by atoms with Crippen LogP contribution in [-0.2, 0) is 14.3 Å². The van der Waals surface area contributed by atoms with Gasteiger partial charge in [-0.1, -0.05) is 0 Å². The molecule has 1 aromatic rings. The molecule has 1 heterocycles. The zero-order chi connectivity index (χ0) is 12.6. The molecule has 86 valence electrons. The van der Waals surface area contributed by atoms with Crippen molar-refractivity contribution in [3.8, 4) is 0 Å². The van der Waals surface area contributed by atoms with E-state index in [4.69, 9.17) is 19.8 Å². The van der Waals surface area contributed by atoms with Gasteiger partial charge in [0.1, 0.15) is 0 Å². The van der Waals surface area contributed by atoms with Gasteiger partial charge in [-0.3, -0.25) is 4.98 Å². The van der Waals surface area contributed by atoms with Gasteiger partial charge in [-0.05, 0) is 12.1 Å². The number of ether oxygens (including phenoxy) is 1. The Hall–Kier alpha value is -2.44. The fourth-order valence-electron chi connectivity index (χ4n) is 0.601. The van der Waals surface area contributed by atoms with Crippen LogP contribution < -0.4 is 0 Å². The third kappa shape index (κ3) is 5.32. The van der Waals surface area contributed by atoms with Crippen LogP contribution in [0.25, 0.3) is 0 Å². The molecule has 0 spiro atoms. The van der Waals surface area contributed by atoms with Gasteiger partial charge in [0.25, 0.3) is 0 Å².